The summed E-state index contributed by atoms with van der Waals surface area (Å²) in [6, 6.07) is 8.92. The number of nitrogens with zero attached hydrogens (tertiary/aromatic N) is 1. The van der Waals surface area contributed by atoms with Crippen molar-refractivity contribution in [1.82, 2.24) is 3.97 Å². The van der Waals surface area contributed by atoms with Gasteiger partial charge in [-0.05, 0) is 24.3 Å². The predicted molar refractivity (Wildman–Crippen MR) is 69.4 cm³/mol. The maximum Gasteiger partial charge on any atom is 0.269 e. The zero-order chi connectivity index (χ0) is 14.3. The number of nitrogens with one attached hydrogen (secondary N) is 1. The average molecular weight is 291 g/mol. The molecule has 0 aliphatic carbocycles. The Hall–Kier alpha value is -2.28. The molecule has 7 heteroatoms. The SMILES string of the molecule is O=C([O-])CC1Nc2ccccc2S(=O)(=O)n2cccc21. The Labute approximate surface area is 115 Å². The molecule has 6 nitrogen and oxygen atoms in total. The largest absolute Gasteiger partial charge is 0.550 e. The third kappa shape index (κ3) is 1.87. The number of carbonyl (C=O) groups excluding carboxylic acids is 1. The highest BCUT2D eigenvalue weighted by Crippen LogP contribution is 2.34. The Balaban J connectivity index is 2.25. The normalized spacial score (nSPS) is 19.3. The quantitative estimate of drug-likeness (QED) is 0.861. The smallest absolute Gasteiger partial charge is 0.269 e. The van der Waals surface area contributed by atoms with Crippen LogP contribution in [-0.4, -0.2) is 18.4 Å². The summed E-state index contributed by atoms with van der Waals surface area (Å²) in [5.74, 6) is -1.24. The van der Waals surface area contributed by atoms with Gasteiger partial charge in [-0.15, -0.1) is 0 Å². The van der Waals surface area contributed by atoms with Gasteiger partial charge in [0, 0.05) is 18.6 Å². The van der Waals surface area contributed by atoms with Gasteiger partial charge in [0.15, 0.2) is 0 Å². The highest BCUT2D eigenvalue weighted by Gasteiger charge is 2.30. The number of carboxylic acid groups (broad SMARTS) is 1. The van der Waals surface area contributed by atoms with Gasteiger partial charge in [-0.1, -0.05) is 12.1 Å². The number of hydrogen-bond acceptors (Lipinski definition) is 5. The molecule has 0 spiro atoms. The lowest BCUT2D eigenvalue weighted by atomic mass is 10.1. The Morgan fingerprint density at radius 3 is 2.75 bits per heavy atom. The Morgan fingerprint density at radius 2 is 2.00 bits per heavy atom. The highest BCUT2D eigenvalue weighted by atomic mass is 32.2. The summed E-state index contributed by atoms with van der Waals surface area (Å²) in [6.07, 6.45) is 1.10. The van der Waals surface area contributed by atoms with Gasteiger partial charge in [-0.3, -0.25) is 0 Å². The third-order valence-corrected chi connectivity index (χ3v) is 4.99. The zero-order valence-electron chi connectivity index (χ0n) is 10.3. The van der Waals surface area contributed by atoms with Gasteiger partial charge in [0.05, 0.1) is 17.4 Å². The lowest BCUT2D eigenvalue weighted by Crippen LogP contribution is -2.27. The second kappa shape index (κ2) is 4.38. The van der Waals surface area contributed by atoms with E-state index in [1.54, 1.807) is 30.3 Å². The fraction of sp³-hybridized carbons (Fsp3) is 0.154. The van der Waals surface area contributed by atoms with Crippen LogP contribution in [0.2, 0.25) is 0 Å². The number of carbonyl (C=O) groups is 1. The molecule has 1 aromatic heterocycles. The van der Waals surface area contributed by atoms with Crippen molar-refractivity contribution in [3.8, 4) is 0 Å². The molecule has 3 rings (SSSR count). The first kappa shape index (κ1) is 12.7. The van der Waals surface area contributed by atoms with Gasteiger partial charge in [-0.25, -0.2) is 12.4 Å². The van der Waals surface area contributed by atoms with Crippen molar-refractivity contribution in [3.05, 3.63) is 48.3 Å². The number of fused-ring (bicyclic) bond motifs is 2. The summed E-state index contributed by atoms with van der Waals surface area (Å²) >= 11 is 0. The van der Waals surface area contributed by atoms with Gasteiger partial charge < -0.3 is 15.2 Å². The zero-order valence-corrected chi connectivity index (χ0v) is 11.1. The number of aromatic nitrogens is 1. The molecule has 0 amide bonds. The molecule has 104 valence electrons. The fourth-order valence-corrected chi connectivity index (χ4v) is 3.93. The lowest BCUT2D eigenvalue weighted by Gasteiger charge is -2.18. The van der Waals surface area contributed by atoms with E-state index in [9.17, 15) is 18.3 Å². The first-order chi connectivity index (χ1) is 9.50. The number of rotatable bonds is 2. The van der Waals surface area contributed by atoms with Gasteiger partial charge >= 0.3 is 0 Å². The van der Waals surface area contributed by atoms with Crippen LogP contribution in [0.15, 0.2) is 47.5 Å². The number of hydrogen-bond donors (Lipinski definition) is 1. The third-order valence-electron chi connectivity index (χ3n) is 3.22. The van der Waals surface area contributed by atoms with E-state index in [1.807, 2.05) is 0 Å². The van der Waals surface area contributed by atoms with Crippen molar-refractivity contribution in [2.45, 2.75) is 17.4 Å². The van der Waals surface area contributed by atoms with Crippen molar-refractivity contribution in [2.24, 2.45) is 0 Å². The van der Waals surface area contributed by atoms with Gasteiger partial charge in [-0.2, -0.15) is 0 Å². The van der Waals surface area contributed by atoms with Crippen molar-refractivity contribution < 1.29 is 18.3 Å². The van der Waals surface area contributed by atoms with Gasteiger partial charge in [0.25, 0.3) is 10.0 Å². The number of para-hydroxylation sites is 1. The van der Waals surface area contributed by atoms with Crippen LogP contribution in [0.5, 0.6) is 0 Å². The van der Waals surface area contributed by atoms with Crippen LogP contribution < -0.4 is 10.4 Å². The molecule has 0 bridgehead atoms. The van der Waals surface area contributed by atoms with Crippen LogP contribution in [0.1, 0.15) is 18.2 Å². The van der Waals surface area contributed by atoms with E-state index >= 15 is 0 Å². The lowest BCUT2D eigenvalue weighted by molar-refractivity contribution is -0.306. The molecule has 0 saturated carbocycles. The van der Waals surface area contributed by atoms with Crippen LogP contribution in [0, 0.1) is 0 Å². The molecule has 1 aliphatic heterocycles. The topological polar surface area (TPSA) is 91.2 Å². The average Bonchev–Trinajstić information content (AvgIpc) is 2.85. The molecular weight excluding hydrogens is 280 g/mol. The van der Waals surface area contributed by atoms with Crippen molar-refractivity contribution in [2.75, 3.05) is 5.32 Å². The molecule has 0 radical (unpaired) electrons. The molecule has 2 aromatic rings. The Bertz CT molecular complexity index is 779. The van der Waals surface area contributed by atoms with E-state index in [-0.39, 0.29) is 11.3 Å². The van der Waals surface area contributed by atoms with Crippen molar-refractivity contribution >= 4 is 21.7 Å². The fourth-order valence-electron chi connectivity index (χ4n) is 2.37. The van der Waals surface area contributed by atoms with E-state index in [2.05, 4.69) is 5.32 Å². The summed E-state index contributed by atoms with van der Waals surface area (Å²) in [4.78, 5) is 11.0. The minimum absolute atomic E-state index is 0.123. The summed E-state index contributed by atoms with van der Waals surface area (Å²) in [5.41, 5.74) is 0.771. The maximum atomic E-state index is 12.6. The minimum atomic E-state index is -3.72. The monoisotopic (exact) mass is 291 g/mol. The van der Waals surface area contributed by atoms with Crippen molar-refractivity contribution in [1.29, 1.82) is 0 Å². The summed E-state index contributed by atoms with van der Waals surface area (Å²) < 4.78 is 26.2. The molecule has 1 aromatic carbocycles. The summed E-state index contributed by atoms with van der Waals surface area (Å²) in [5, 5.41) is 13.8. The molecule has 1 atom stereocenters. The molecule has 1 aliphatic rings. The Kier molecular flexibility index (Phi) is 2.79. The number of carboxylic acids is 1. The maximum absolute atomic E-state index is 12.6. The van der Waals surface area contributed by atoms with Crippen LogP contribution in [0.4, 0.5) is 5.69 Å². The van der Waals surface area contributed by atoms with Crippen molar-refractivity contribution in [3.63, 3.8) is 0 Å². The Morgan fingerprint density at radius 1 is 1.25 bits per heavy atom. The molecule has 1 N–H and O–H groups in total. The minimum Gasteiger partial charge on any atom is -0.550 e. The van der Waals surface area contributed by atoms with Crippen LogP contribution >= 0.6 is 0 Å². The standard InChI is InChI=1S/C13H12N2O4S/c16-13(17)8-10-11-5-3-7-15(11)20(18,19)12-6-2-1-4-9(12)14-10/h1-7,10,14H,8H2,(H,16,17)/p-1. The molecule has 0 fully saturated rings. The first-order valence-corrected chi connectivity index (χ1v) is 7.42. The van der Waals surface area contributed by atoms with E-state index in [0.29, 0.717) is 11.4 Å². The van der Waals surface area contributed by atoms with Gasteiger partial charge in [0.2, 0.25) is 0 Å². The second-order valence-corrected chi connectivity index (χ2v) is 6.29. The number of anilines is 1. The van der Waals surface area contributed by atoms with Gasteiger partial charge in [0.1, 0.15) is 4.90 Å². The molecule has 0 saturated heterocycles. The number of benzene rings is 1. The highest BCUT2D eigenvalue weighted by molar-refractivity contribution is 7.90. The van der Waals surface area contributed by atoms with Crippen LogP contribution in [0.25, 0.3) is 0 Å². The summed E-state index contributed by atoms with van der Waals surface area (Å²) in [7, 11) is -3.72. The first-order valence-electron chi connectivity index (χ1n) is 5.98. The number of aliphatic carboxylic acids is 1. The van der Waals surface area contributed by atoms with E-state index in [1.165, 1.54) is 12.3 Å². The second-order valence-electron chi connectivity index (χ2n) is 4.50. The summed E-state index contributed by atoms with van der Waals surface area (Å²) in [6.45, 7) is 0. The predicted octanol–water partition coefficient (Wildman–Crippen LogP) is 0.332. The van der Waals surface area contributed by atoms with E-state index < -0.39 is 22.0 Å². The van der Waals surface area contributed by atoms with Crippen LogP contribution in [0.3, 0.4) is 0 Å². The molecular formula is C13H11N2O4S-. The molecule has 1 unspecified atom stereocenters. The molecule has 20 heavy (non-hydrogen) atoms. The van der Waals surface area contributed by atoms with E-state index in [4.69, 9.17) is 0 Å². The molecule has 2 heterocycles. The van der Waals surface area contributed by atoms with Crippen LogP contribution in [-0.2, 0) is 14.8 Å². The van der Waals surface area contributed by atoms with E-state index in [0.717, 1.165) is 3.97 Å².